The monoisotopic (exact) mass is 375 g/mol. The summed E-state index contributed by atoms with van der Waals surface area (Å²) in [6.45, 7) is 6.09. The van der Waals surface area contributed by atoms with Crippen molar-refractivity contribution in [3.63, 3.8) is 0 Å². The van der Waals surface area contributed by atoms with Gasteiger partial charge in [-0.05, 0) is 58.0 Å². The van der Waals surface area contributed by atoms with Crippen molar-refractivity contribution in [2.45, 2.75) is 39.2 Å². The van der Waals surface area contributed by atoms with Crippen LogP contribution in [0, 0.1) is 0 Å². The lowest BCUT2D eigenvalue weighted by molar-refractivity contribution is 0.0540. The van der Waals surface area contributed by atoms with Crippen molar-refractivity contribution in [2.75, 3.05) is 17.6 Å². The Balaban J connectivity index is 1.77. The van der Waals surface area contributed by atoms with E-state index in [-0.39, 0.29) is 5.95 Å². The molecule has 1 aromatic heterocycles. The van der Waals surface area contributed by atoms with E-state index in [1.807, 2.05) is 30.3 Å². The molecule has 0 spiro atoms. The molecule has 2 rings (SSSR count). The van der Waals surface area contributed by atoms with Gasteiger partial charge in [0.25, 0.3) is 0 Å². The van der Waals surface area contributed by atoms with Crippen LogP contribution in [0.15, 0.2) is 36.5 Å². The predicted molar refractivity (Wildman–Crippen MR) is 107 cm³/mol. The first-order valence-electron chi connectivity index (χ1n) is 8.41. The number of aromatic nitrogens is 2. The molecule has 0 bridgehead atoms. The van der Waals surface area contributed by atoms with Gasteiger partial charge in [0.15, 0.2) is 5.11 Å². The van der Waals surface area contributed by atoms with Crippen molar-refractivity contribution in [3.8, 4) is 0 Å². The first-order valence-corrected chi connectivity index (χ1v) is 8.82. The van der Waals surface area contributed by atoms with Crippen LogP contribution in [0.25, 0.3) is 0 Å². The third-order valence-electron chi connectivity index (χ3n) is 3.30. The van der Waals surface area contributed by atoms with E-state index in [9.17, 15) is 4.79 Å². The van der Waals surface area contributed by atoms with Gasteiger partial charge in [0, 0.05) is 18.4 Å². The van der Waals surface area contributed by atoms with Gasteiger partial charge in [-0.2, -0.15) is 0 Å². The third-order valence-corrected chi connectivity index (χ3v) is 3.55. The maximum atomic E-state index is 12.1. The Kier molecular flexibility index (Phi) is 6.57. The maximum absolute atomic E-state index is 12.1. The molecule has 0 saturated carbocycles. The minimum atomic E-state index is -0.584. The number of carbonyl (C=O) groups excluding carboxylic acids is 1. The highest BCUT2D eigenvalue weighted by molar-refractivity contribution is 7.80. The van der Waals surface area contributed by atoms with Crippen LogP contribution < -0.4 is 16.4 Å². The molecule has 0 saturated heterocycles. The normalized spacial score (nSPS) is 11.0. The molecule has 0 aliphatic heterocycles. The number of para-hydroxylation sites is 1. The van der Waals surface area contributed by atoms with Crippen molar-refractivity contribution in [2.24, 2.45) is 0 Å². The first kappa shape index (κ1) is 19.7. The van der Waals surface area contributed by atoms with Crippen LogP contribution in [0.3, 0.4) is 0 Å². The van der Waals surface area contributed by atoms with Gasteiger partial charge >= 0.3 is 6.09 Å². The van der Waals surface area contributed by atoms with Crippen LogP contribution in [0.4, 0.5) is 16.4 Å². The zero-order valence-corrected chi connectivity index (χ0v) is 16.1. The van der Waals surface area contributed by atoms with Crippen LogP contribution in [0.2, 0.25) is 0 Å². The van der Waals surface area contributed by atoms with E-state index >= 15 is 0 Å². The average Bonchev–Trinajstić information content (AvgIpc) is 2.92. The highest BCUT2D eigenvalue weighted by Gasteiger charge is 2.20. The number of benzene rings is 1. The number of anilines is 2. The summed E-state index contributed by atoms with van der Waals surface area (Å²) >= 11 is 5.25. The van der Waals surface area contributed by atoms with E-state index in [0.717, 1.165) is 17.8 Å². The van der Waals surface area contributed by atoms with Gasteiger partial charge in [0.2, 0.25) is 5.95 Å². The lowest BCUT2D eigenvalue weighted by Gasteiger charge is -2.19. The van der Waals surface area contributed by atoms with E-state index in [4.69, 9.17) is 22.7 Å². The molecule has 26 heavy (non-hydrogen) atoms. The van der Waals surface area contributed by atoms with Gasteiger partial charge in [-0.1, -0.05) is 18.2 Å². The molecule has 1 aromatic carbocycles. The number of hydrogen-bond acceptors (Lipinski definition) is 5. The molecule has 4 N–H and O–H groups in total. The van der Waals surface area contributed by atoms with Crippen molar-refractivity contribution < 1.29 is 9.53 Å². The largest absolute Gasteiger partial charge is 0.443 e. The van der Waals surface area contributed by atoms with E-state index in [1.54, 1.807) is 27.0 Å². The van der Waals surface area contributed by atoms with Gasteiger partial charge in [-0.15, -0.1) is 0 Å². The molecule has 140 valence electrons. The second kappa shape index (κ2) is 8.66. The molecule has 1 heterocycles. The standard InChI is InChI=1S/C18H25N5O2S/c1-18(2,3)25-17(24)23-12-14(21-15(23)19)10-7-11-20-16(26)22-13-8-5-4-6-9-13/h4-6,8-9,12H,7,10-11H2,1-3H3,(H2,19,21)(H2,20,22,26). The molecule has 7 nitrogen and oxygen atoms in total. The Morgan fingerprint density at radius 2 is 2.00 bits per heavy atom. The van der Waals surface area contributed by atoms with Gasteiger partial charge in [-0.3, -0.25) is 0 Å². The van der Waals surface area contributed by atoms with Crippen molar-refractivity contribution in [3.05, 3.63) is 42.2 Å². The van der Waals surface area contributed by atoms with Crippen molar-refractivity contribution in [1.82, 2.24) is 14.9 Å². The Morgan fingerprint density at radius 1 is 1.31 bits per heavy atom. The van der Waals surface area contributed by atoms with Crippen LogP contribution in [-0.4, -0.2) is 32.9 Å². The number of nitrogens with one attached hydrogen (secondary N) is 2. The number of nitrogens with two attached hydrogens (primary N) is 1. The van der Waals surface area contributed by atoms with Crippen LogP contribution in [-0.2, 0) is 11.2 Å². The molecular weight excluding hydrogens is 350 g/mol. The third kappa shape index (κ3) is 6.36. The first-order chi connectivity index (χ1) is 12.2. The summed E-state index contributed by atoms with van der Waals surface area (Å²) in [6.07, 6.45) is 2.55. The van der Waals surface area contributed by atoms with E-state index < -0.39 is 11.7 Å². The number of rotatable bonds is 5. The summed E-state index contributed by atoms with van der Waals surface area (Å²) in [6, 6.07) is 9.72. The minimum Gasteiger partial charge on any atom is -0.443 e. The number of ether oxygens (including phenoxy) is 1. The van der Waals surface area contributed by atoms with Crippen molar-refractivity contribution >= 4 is 35.1 Å². The summed E-state index contributed by atoms with van der Waals surface area (Å²) in [5, 5.41) is 6.81. The van der Waals surface area contributed by atoms with E-state index in [2.05, 4.69) is 15.6 Å². The smallest absolute Gasteiger partial charge is 0.421 e. The van der Waals surface area contributed by atoms with Crippen LogP contribution >= 0.6 is 12.2 Å². The quantitative estimate of drug-likeness (QED) is 0.546. The molecule has 0 unspecified atom stereocenters. The molecule has 0 atom stereocenters. The Labute approximate surface area is 158 Å². The summed E-state index contributed by atoms with van der Waals surface area (Å²) < 4.78 is 6.53. The fourth-order valence-corrected chi connectivity index (χ4v) is 2.41. The summed E-state index contributed by atoms with van der Waals surface area (Å²) in [5.74, 6) is 0.128. The Bertz CT molecular complexity index is 753. The number of hydrogen-bond donors (Lipinski definition) is 3. The molecular formula is C18H25N5O2S. The molecule has 0 amide bonds. The van der Waals surface area contributed by atoms with Gasteiger partial charge in [0.05, 0.1) is 5.69 Å². The zero-order valence-electron chi connectivity index (χ0n) is 15.3. The number of thiocarbonyl (C=S) groups is 1. The average molecular weight is 375 g/mol. The molecule has 0 radical (unpaired) electrons. The van der Waals surface area contributed by atoms with E-state index in [1.165, 1.54) is 4.57 Å². The van der Waals surface area contributed by atoms with Gasteiger partial charge in [0.1, 0.15) is 5.60 Å². The highest BCUT2D eigenvalue weighted by atomic mass is 32.1. The Morgan fingerprint density at radius 3 is 2.65 bits per heavy atom. The lowest BCUT2D eigenvalue weighted by atomic mass is 10.2. The second-order valence-electron chi connectivity index (χ2n) is 6.79. The van der Waals surface area contributed by atoms with Crippen LogP contribution in [0.5, 0.6) is 0 Å². The number of nitrogens with zero attached hydrogens (tertiary/aromatic N) is 2. The minimum absolute atomic E-state index is 0.128. The molecule has 0 aliphatic carbocycles. The van der Waals surface area contributed by atoms with Gasteiger partial charge < -0.3 is 21.1 Å². The Hall–Kier alpha value is -2.61. The van der Waals surface area contributed by atoms with Gasteiger partial charge in [-0.25, -0.2) is 14.3 Å². The topological polar surface area (TPSA) is 94.2 Å². The predicted octanol–water partition coefficient (Wildman–Crippen LogP) is 3.17. The zero-order chi connectivity index (χ0) is 19.2. The summed E-state index contributed by atoms with van der Waals surface area (Å²) in [5.41, 5.74) is 6.89. The van der Waals surface area contributed by atoms with Crippen LogP contribution in [0.1, 0.15) is 32.9 Å². The molecule has 0 aliphatic rings. The summed E-state index contributed by atoms with van der Waals surface area (Å²) in [4.78, 5) is 16.3. The fraction of sp³-hybridized carbons (Fsp3) is 0.389. The number of nitrogen functional groups attached to an aromatic ring is 1. The SMILES string of the molecule is CC(C)(C)OC(=O)n1cc(CCCNC(=S)Nc2ccccc2)nc1N. The number of imidazole rings is 1. The maximum Gasteiger partial charge on any atom is 0.421 e. The molecule has 2 aromatic rings. The molecule has 8 heteroatoms. The highest BCUT2D eigenvalue weighted by Crippen LogP contribution is 2.13. The number of aryl methyl sites for hydroxylation is 1. The lowest BCUT2D eigenvalue weighted by Crippen LogP contribution is -2.29. The van der Waals surface area contributed by atoms with Crippen molar-refractivity contribution in [1.29, 1.82) is 0 Å². The number of carbonyl (C=O) groups is 1. The summed E-state index contributed by atoms with van der Waals surface area (Å²) in [7, 11) is 0. The fourth-order valence-electron chi connectivity index (χ4n) is 2.19. The molecule has 0 fully saturated rings. The van der Waals surface area contributed by atoms with E-state index in [0.29, 0.717) is 18.1 Å². The second-order valence-corrected chi connectivity index (χ2v) is 7.20.